The summed E-state index contributed by atoms with van der Waals surface area (Å²) in [4.78, 5) is 4.54. The highest BCUT2D eigenvalue weighted by atomic mass is 17.8. The van der Waals surface area contributed by atoms with Crippen molar-refractivity contribution in [2.75, 3.05) is 6.61 Å². The van der Waals surface area contributed by atoms with Gasteiger partial charge in [0.25, 0.3) is 0 Å². The molecule has 0 spiro atoms. The molecule has 0 aliphatic rings. The Morgan fingerprint density at radius 2 is 1.44 bits per heavy atom. The second kappa shape index (κ2) is 14.8. The summed E-state index contributed by atoms with van der Waals surface area (Å²) in [7, 11) is 0. The van der Waals surface area contributed by atoms with Crippen LogP contribution in [0.5, 0.6) is 0 Å². The largest absolute Gasteiger partial charge is 0.328 e. The lowest BCUT2D eigenvalue weighted by Crippen LogP contribution is -2.13. The number of unbranched alkanes of at least 4 members (excludes halogenated alkanes) is 7. The van der Waals surface area contributed by atoms with Gasteiger partial charge in [-0.1, -0.05) is 44.9 Å². The molecule has 0 saturated heterocycles. The lowest BCUT2D eigenvalue weighted by molar-refractivity contribution is -0.702. The minimum Gasteiger partial charge on any atom is -0.328 e. The maximum Gasteiger partial charge on any atom is 0.0855 e. The number of rotatable bonds is 14. The number of hydrogen-bond acceptors (Lipinski definition) is 6. The Morgan fingerprint density at radius 3 is 2.00 bits per heavy atom. The van der Waals surface area contributed by atoms with Crippen LogP contribution in [0.2, 0.25) is 0 Å². The highest BCUT2D eigenvalue weighted by Crippen LogP contribution is 2.10. The summed E-state index contributed by atoms with van der Waals surface area (Å²) in [6.45, 7) is 2.49. The molecule has 0 heterocycles. The molecule has 0 aliphatic heterocycles. The Labute approximate surface area is 109 Å². The average molecular weight is 265 g/mol. The first kappa shape index (κ1) is 17.8. The fraction of sp³-hybridized carbons (Fsp3) is 1.00. The van der Waals surface area contributed by atoms with E-state index in [9.17, 15) is 0 Å². The standard InChI is InChI=1S/C12H27NO5/c1-12(13)10-8-6-4-2-3-5-7-9-11-15-17-18-16-14/h12,14H,2-11,13H2,1H3. The molecule has 110 valence electrons. The lowest BCUT2D eigenvalue weighted by Gasteiger charge is -2.04. The lowest BCUT2D eigenvalue weighted by atomic mass is 10.1. The van der Waals surface area contributed by atoms with Crippen LogP contribution < -0.4 is 5.73 Å². The predicted molar refractivity (Wildman–Crippen MR) is 67.0 cm³/mol. The van der Waals surface area contributed by atoms with E-state index in [2.05, 4.69) is 26.9 Å². The van der Waals surface area contributed by atoms with Gasteiger partial charge in [0, 0.05) is 6.04 Å². The maximum absolute atomic E-state index is 7.72. The van der Waals surface area contributed by atoms with Gasteiger partial charge in [-0.25, -0.2) is 10.1 Å². The Hall–Kier alpha value is -0.240. The minimum atomic E-state index is 0.340. The minimum absolute atomic E-state index is 0.340. The second-order valence-electron chi connectivity index (χ2n) is 4.63. The van der Waals surface area contributed by atoms with Crippen LogP contribution in [0.25, 0.3) is 0 Å². The molecule has 1 unspecified atom stereocenters. The van der Waals surface area contributed by atoms with Gasteiger partial charge in [-0.2, -0.15) is 0 Å². The van der Waals surface area contributed by atoms with Crippen molar-refractivity contribution in [1.29, 1.82) is 0 Å². The molecule has 0 amide bonds. The zero-order chi connectivity index (χ0) is 13.5. The first-order chi connectivity index (χ1) is 8.77. The molecular weight excluding hydrogens is 238 g/mol. The Kier molecular flexibility index (Phi) is 14.6. The molecule has 0 aromatic carbocycles. The maximum atomic E-state index is 7.72. The fourth-order valence-electron chi connectivity index (χ4n) is 1.75. The third kappa shape index (κ3) is 15.8. The van der Waals surface area contributed by atoms with Crippen LogP contribution >= 0.6 is 0 Å². The highest BCUT2D eigenvalue weighted by Gasteiger charge is 1.96. The smallest absolute Gasteiger partial charge is 0.0855 e. The first-order valence-electron chi connectivity index (χ1n) is 6.79. The van der Waals surface area contributed by atoms with Gasteiger partial charge in [-0.05, 0) is 34.9 Å². The van der Waals surface area contributed by atoms with Crippen LogP contribution in [0.15, 0.2) is 0 Å². The van der Waals surface area contributed by atoms with Crippen molar-refractivity contribution < 1.29 is 25.3 Å². The van der Waals surface area contributed by atoms with E-state index in [1.165, 1.54) is 38.5 Å². The summed E-state index contributed by atoms with van der Waals surface area (Å²) < 4.78 is 0. The average Bonchev–Trinajstić information content (AvgIpc) is 2.34. The molecule has 1 atom stereocenters. The normalized spacial score (nSPS) is 12.8. The zero-order valence-corrected chi connectivity index (χ0v) is 11.3. The molecule has 0 aromatic rings. The van der Waals surface area contributed by atoms with E-state index >= 15 is 0 Å². The second-order valence-corrected chi connectivity index (χ2v) is 4.63. The van der Waals surface area contributed by atoms with Crippen molar-refractivity contribution in [3.8, 4) is 0 Å². The van der Waals surface area contributed by atoms with E-state index in [1.807, 2.05) is 0 Å². The van der Waals surface area contributed by atoms with Crippen molar-refractivity contribution in [2.24, 2.45) is 5.73 Å². The summed E-state index contributed by atoms with van der Waals surface area (Å²) >= 11 is 0. The van der Waals surface area contributed by atoms with Gasteiger partial charge in [0.05, 0.1) is 6.61 Å². The molecule has 0 fully saturated rings. The van der Waals surface area contributed by atoms with Gasteiger partial charge < -0.3 is 5.73 Å². The van der Waals surface area contributed by atoms with Gasteiger partial charge in [-0.3, -0.25) is 0 Å². The van der Waals surface area contributed by atoms with Gasteiger partial charge in [-0.15, -0.1) is 0 Å². The topological polar surface area (TPSA) is 83.2 Å². The Balaban J connectivity index is 2.90. The quantitative estimate of drug-likeness (QED) is 0.285. The Bertz CT molecular complexity index is 157. The molecule has 0 radical (unpaired) electrons. The van der Waals surface area contributed by atoms with Gasteiger partial charge in [0.1, 0.15) is 0 Å². The SMILES string of the molecule is CC(N)CCCCCCCCCCOOOOO. The summed E-state index contributed by atoms with van der Waals surface area (Å²) in [6, 6.07) is 0.340. The monoisotopic (exact) mass is 265 g/mol. The molecule has 6 nitrogen and oxygen atoms in total. The number of nitrogens with two attached hydrogens (primary N) is 1. The summed E-state index contributed by atoms with van der Waals surface area (Å²) in [5, 5.41) is 18.6. The van der Waals surface area contributed by atoms with Crippen LogP contribution in [0.3, 0.4) is 0 Å². The van der Waals surface area contributed by atoms with E-state index in [0.29, 0.717) is 12.6 Å². The van der Waals surface area contributed by atoms with Crippen LogP contribution in [-0.2, 0) is 20.0 Å². The molecule has 6 heteroatoms. The fourth-order valence-corrected chi connectivity index (χ4v) is 1.75. The molecule has 3 N–H and O–H groups in total. The van der Waals surface area contributed by atoms with E-state index in [1.54, 1.807) is 0 Å². The van der Waals surface area contributed by atoms with Gasteiger partial charge >= 0.3 is 0 Å². The van der Waals surface area contributed by atoms with E-state index in [-0.39, 0.29) is 0 Å². The summed E-state index contributed by atoms with van der Waals surface area (Å²) in [5.41, 5.74) is 5.68. The van der Waals surface area contributed by atoms with Crippen molar-refractivity contribution in [3.05, 3.63) is 0 Å². The summed E-state index contributed by atoms with van der Waals surface area (Å²) in [6.07, 6.45) is 10.7. The highest BCUT2D eigenvalue weighted by molar-refractivity contribution is 4.53. The van der Waals surface area contributed by atoms with Crippen molar-refractivity contribution in [2.45, 2.75) is 70.8 Å². The molecule has 0 saturated carbocycles. The van der Waals surface area contributed by atoms with Gasteiger partial charge in [0.15, 0.2) is 0 Å². The van der Waals surface area contributed by atoms with Crippen molar-refractivity contribution in [3.63, 3.8) is 0 Å². The predicted octanol–water partition coefficient (Wildman–Crippen LogP) is 3.13. The van der Waals surface area contributed by atoms with Crippen LogP contribution in [0.4, 0.5) is 0 Å². The van der Waals surface area contributed by atoms with Crippen LogP contribution in [-0.4, -0.2) is 17.9 Å². The van der Waals surface area contributed by atoms with Crippen molar-refractivity contribution >= 4 is 0 Å². The molecule has 0 aromatic heterocycles. The van der Waals surface area contributed by atoms with Crippen LogP contribution in [0.1, 0.15) is 64.7 Å². The van der Waals surface area contributed by atoms with E-state index < -0.39 is 0 Å². The molecule has 0 bridgehead atoms. The zero-order valence-electron chi connectivity index (χ0n) is 11.3. The summed E-state index contributed by atoms with van der Waals surface area (Å²) in [5.74, 6) is 0. The molecular formula is C12H27NO5. The van der Waals surface area contributed by atoms with E-state index in [0.717, 1.165) is 19.3 Å². The molecule has 0 aliphatic carbocycles. The molecule has 0 rings (SSSR count). The Morgan fingerprint density at radius 1 is 0.889 bits per heavy atom. The molecule has 18 heavy (non-hydrogen) atoms. The van der Waals surface area contributed by atoms with Crippen molar-refractivity contribution in [1.82, 2.24) is 0 Å². The third-order valence-electron chi connectivity index (χ3n) is 2.74. The van der Waals surface area contributed by atoms with Gasteiger partial charge in [0.2, 0.25) is 0 Å². The third-order valence-corrected chi connectivity index (χ3v) is 2.74. The first-order valence-corrected chi connectivity index (χ1v) is 6.79. The van der Waals surface area contributed by atoms with Crippen LogP contribution in [0, 0.1) is 0 Å². The number of hydrogen-bond donors (Lipinski definition) is 2. The van der Waals surface area contributed by atoms with E-state index in [4.69, 9.17) is 11.0 Å².